The number of carboxylic acids is 1. The van der Waals surface area contributed by atoms with Crippen molar-refractivity contribution in [3.05, 3.63) is 75.4 Å². The average molecular weight is 515 g/mol. The maximum absolute atomic E-state index is 12.7. The normalized spacial score (nSPS) is 18.3. The average Bonchev–Trinajstić information content (AvgIpc) is 2.84. The molecule has 2 aromatic carbocycles. The number of nitrogens with one attached hydrogen (secondary N) is 2. The zero-order chi connectivity index (χ0) is 25.2. The number of anilines is 1. The van der Waals surface area contributed by atoms with Gasteiger partial charge in [0.2, 0.25) is 0 Å². The van der Waals surface area contributed by atoms with E-state index >= 15 is 0 Å². The molecule has 0 aromatic heterocycles. The number of carboxylic acid groups (broad SMARTS) is 1. The predicted molar refractivity (Wildman–Crippen MR) is 137 cm³/mol. The molecule has 1 saturated carbocycles. The smallest absolute Gasteiger partial charge is 0.326 e. The molecule has 4 rings (SSSR count). The van der Waals surface area contributed by atoms with Gasteiger partial charge in [0.15, 0.2) is 5.78 Å². The molecule has 2 aliphatic carbocycles. The topological polar surface area (TPSA) is 95.5 Å². The summed E-state index contributed by atoms with van der Waals surface area (Å²) in [5, 5.41) is 16.6. The van der Waals surface area contributed by atoms with E-state index in [9.17, 15) is 19.5 Å². The molecule has 1 spiro atoms. The minimum atomic E-state index is -0.964. The van der Waals surface area contributed by atoms with Crippen LogP contribution in [0.3, 0.4) is 0 Å². The summed E-state index contributed by atoms with van der Waals surface area (Å²) in [6, 6.07) is 11.1. The summed E-state index contributed by atoms with van der Waals surface area (Å²) >= 11 is 12.3. The molecular formula is C27H28Cl2N2O4. The van der Waals surface area contributed by atoms with E-state index in [1.54, 1.807) is 36.4 Å². The number of benzene rings is 2. The molecule has 0 radical (unpaired) electrons. The van der Waals surface area contributed by atoms with Crippen LogP contribution in [0.5, 0.6) is 0 Å². The van der Waals surface area contributed by atoms with Crippen molar-refractivity contribution in [1.29, 1.82) is 0 Å². The number of aliphatic carboxylic acids is 1. The van der Waals surface area contributed by atoms with Gasteiger partial charge in [-0.15, -0.1) is 0 Å². The molecule has 0 heterocycles. The molecule has 3 N–H and O–H groups in total. The predicted octanol–water partition coefficient (Wildman–Crippen LogP) is 6.20. The number of carbonyl (C=O) groups excluding carboxylic acids is 2. The second-order valence-electron chi connectivity index (χ2n) is 9.21. The quantitative estimate of drug-likeness (QED) is 0.389. The Kier molecular flexibility index (Phi) is 7.53. The van der Waals surface area contributed by atoms with E-state index in [4.69, 9.17) is 23.2 Å². The molecule has 8 heteroatoms. The van der Waals surface area contributed by atoms with Gasteiger partial charge in [-0.05, 0) is 49.1 Å². The fourth-order valence-electron chi connectivity index (χ4n) is 5.20. The van der Waals surface area contributed by atoms with Crippen LogP contribution >= 0.6 is 23.2 Å². The van der Waals surface area contributed by atoms with Crippen molar-refractivity contribution in [2.45, 2.75) is 57.4 Å². The lowest BCUT2D eigenvalue weighted by Crippen LogP contribution is -2.52. The first-order valence-corrected chi connectivity index (χ1v) is 12.6. The summed E-state index contributed by atoms with van der Waals surface area (Å²) in [6.07, 6.45) is 6.76. The van der Waals surface area contributed by atoms with Crippen LogP contribution in [-0.4, -0.2) is 28.8 Å². The molecule has 6 nitrogen and oxygen atoms in total. The van der Waals surface area contributed by atoms with E-state index in [1.165, 1.54) is 0 Å². The maximum Gasteiger partial charge on any atom is 0.326 e. The zero-order valence-corrected chi connectivity index (χ0v) is 21.0. The fourth-order valence-corrected chi connectivity index (χ4v) is 5.77. The van der Waals surface area contributed by atoms with Gasteiger partial charge in [-0.3, -0.25) is 9.59 Å². The lowest BCUT2D eigenvalue weighted by molar-refractivity contribution is -0.140. The van der Waals surface area contributed by atoms with Crippen LogP contribution in [0.2, 0.25) is 10.0 Å². The third-order valence-corrected chi connectivity index (χ3v) is 7.81. The Morgan fingerprint density at radius 1 is 1.03 bits per heavy atom. The Balaban J connectivity index is 1.50. The van der Waals surface area contributed by atoms with Crippen LogP contribution in [0, 0.1) is 5.41 Å². The summed E-state index contributed by atoms with van der Waals surface area (Å²) in [5.41, 5.74) is 1.79. The minimum absolute atomic E-state index is 0.107. The Morgan fingerprint density at radius 3 is 2.20 bits per heavy atom. The van der Waals surface area contributed by atoms with Crippen molar-refractivity contribution in [2.24, 2.45) is 5.41 Å². The van der Waals surface area contributed by atoms with Crippen LogP contribution in [0.25, 0.3) is 0 Å². The van der Waals surface area contributed by atoms with E-state index in [2.05, 4.69) is 10.6 Å². The minimum Gasteiger partial charge on any atom is -0.480 e. The number of carbonyl (C=O) groups is 3. The molecule has 0 aliphatic heterocycles. The molecular weight excluding hydrogens is 487 g/mol. The van der Waals surface area contributed by atoms with E-state index in [-0.39, 0.29) is 27.3 Å². The van der Waals surface area contributed by atoms with Gasteiger partial charge in [-0.25, -0.2) is 4.79 Å². The van der Waals surface area contributed by atoms with Crippen LogP contribution < -0.4 is 10.6 Å². The molecule has 1 fully saturated rings. The van der Waals surface area contributed by atoms with Crippen LogP contribution in [0.15, 0.2) is 54.2 Å². The van der Waals surface area contributed by atoms with Gasteiger partial charge in [-0.2, -0.15) is 0 Å². The van der Waals surface area contributed by atoms with Crippen molar-refractivity contribution in [2.75, 3.05) is 5.32 Å². The van der Waals surface area contributed by atoms with E-state index in [0.717, 1.165) is 43.4 Å². The van der Waals surface area contributed by atoms with Gasteiger partial charge in [-0.1, -0.05) is 67.6 Å². The lowest BCUT2D eigenvalue weighted by Gasteiger charge is -2.45. The van der Waals surface area contributed by atoms with Crippen molar-refractivity contribution in [3.63, 3.8) is 0 Å². The highest BCUT2D eigenvalue weighted by Gasteiger charge is 2.49. The Bertz CT molecular complexity index is 1150. The van der Waals surface area contributed by atoms with Gasteiger partial charge in [0.1, 0.15) is 6.04 Å². The summed E-state index contributed by atoms with van der Waals surface area (Å²) in [7, 11) is 0. The van der Waals surface area contributed by atoms with Gasteiger partial charge < -0.3 is 15.7 Å². The number of hydrogen-bond acceptors (Lipinski definition) is 4. The Morgan fingerprint density at radius 2 is 1.66 bits per heavy atom. The van der Waals surface area contributed by atoms with Crippen LogP contribution in [-0.2, 0) is 9.59 Å². The monoisotopic (exact) mass is 514 g/mol. The van der Waals surface area contributed by atoms with Gasteiger partial charge in [0.05, 0.1) is 21.0 Å². The number of allylic oxidation sites excluding steroid dienone is 2. The van der Waals surface area contributed by atoms with Crippen molar-refractivity contribution >= 4 is 46.5 Å². The second-order valence-corrected chi connectivity index (χ2v) is 10.0. The molecule has 0 saturated heterocycles. The SMILES string of the molecule is CCC(c1ccc(NC(=O)c2c(Cl)cccc2Cl)cc1)[C@H](NC1=CC(=O)C12CCCCC2)C(=O)O. The summed E-state index contributed by atoms with van der Waals surface area (Å²) in [6.45, 7) is 1.94. The number of rotatable bonds is 8. The molecule has 1 unspecified atom stereocenters. The first-order valence-electron chi connectivity index (χ1n) is 11.9. The molecule has 2 aromatic rings. The van der Waals surface area contributed by atoms with Gasteiger partial charge >= 0.3 is 5.97 Å². The highest BCUT2D eigenvalue weighted by atomic mass is 35.5. The van der Waals surface area contributed by atoms with Gasteiger partial charge in [0.25, 0.3) is 5.91 Å². The number of ketones is 1. The molecule has 35 heavy (non-hydrogen) atoms. The molecule has 1 amide bonds. The fraction of sp³-hybridized carbons (Fsp3) is 0.370. The number of hydrogen-bond donors (Lipinski definition) is 3. The van der Waals surface area contributed by atoms with E-state index in [1.807, 2.05) is 19.1 Å². The van der Waals surface area contributed by atoms with Crippen molar-refractivity contribution < 1.29 is 19.5 Å². The van der Waals surface area contributed by atoms with Gasteiger partial charge in [0, 0.05) is 23.4 Å². The third kappa shape index (κ3) is 4.95. The first-order chi connectivity index (χ1) is 16.8. The Labute approximate surface area is 214 Å². The highest BCUT2D eigenvalue weighted by Crippen LogP contribution is 2.48. The van der Waals surface area contributed by atoms with Crippen LogP contribution in [0.4, 0.5) is 5.69 Å². The summed E-state index contributed by atoms with van der Waals surface area (Å²) in [5.74, 6) is -1.61. The van der Waals surface area contributed by atoms with E-state index in [0.29, 0.717) is 12.1 Å². The number of amides is 1. The molecule has 0 bridgehead atoms. The first kappa shape index (κ1) is 25.3. The summed E-state index contributed by atoms with van der Waals surface area (Å²) < 4.78 is 0. The van der Waals surface area contributed by atoms with Crippen molar-refractivity contribution in [1.82, 2.24) is 5.32 Å². The van der Waals surface area contributed by atoms with E-state index < -0.39 is 23.3 Å². The maximum atomic E-state index is 12.7. The summed E-state index contributed by atoms with van der Waals surface area (Å²) in [4.78, 5) is 37.4. The van der Waals surface area contributed by atoms with Crippen LogP contribution in [0.1, 0.15) is 67.3 Å². The molecule has 184 valence electrons. The standard InChI is InChI=1S/C27H28Cl2N2O4/c1-2-18(24(26(34)35)31-21-15-22(32)27(21)13-4-3-5-14-27)16-9-11-17(12-10-16)30-25(33)23-19(28)7-6-8-20(23)29/h6-12,15,18,24,31H,2-5,13-14H2,1H3,(H,30,33)(H,34,35)/t18?,24-/m0/s1. The second kappa shape index (κ2) is 10.4. The zero-order valence-electron chi connectivity index (χ0n) is 19.4. The lowest BCUT2D eigenvalue weighted by atomic mass is 9.62. The Hall–Kier alpha value is -2.83. The largest absolute Gasteiger partial charge is 0.480 e. The number of halogens is 2. The molecule has 2 atom stereocenters. The van der Waals surface area contributed by atoms with Crippen molar-refractivity contribution in [3.8, 4) is 0 Å². The highest BCUT2D eigenvalue weighted by molar-refractivity contribution is 6.40. The molecule has 2 aliphatic rings. The third-order valence-electron chi connectivity index (χ3n) is 7.18.